The summed E-state index contributed by atoms with van der Waals surface area (Å²) in [4.78, 5) is 9.64. The summed E-state index contributed by atoms with van der Waals surface area (Å²) in [5.74, 6) is 1.26. The molecule has 4 heteroatoms. The molecule has 3 aliphatic carbocycles. The van der Waals surface area contributed by atoms with Gasteiger partial charge >= 0.3 is 0 Å². The molecule has 0 amide bonds. The second-order valence-corrected chi connectivity index (χ2v) is 11.6. The largest absolute Gasteiger partial charge is 0.386 e. The van der Waals surface area contributed by atoms with Crippen molar-refractivity contribution in [3.8, 4) is 0 Å². The molecule has 2 aromatic rings. The molecule has 1 aromatic heterocycles. The molecule has 3 unspecified atom stereocenters. The van der Waals surface area contributed by atoms with Gasteiger partial charge < -0.3 is 14.6 Å². The average molecular weight is 417 g/mol. The van der Waals surface area contributed by atoms with Crippen LogP contribution in [0.25, 0.3) is 10.9 Å². The van der Waals surface area contributed by atoms with E-state index in [4.69, 9.17) is 9.57 Å². The highest BCUT2D eigenvalue weighted by Gasteiger charge is 2.64. The first-order valence-corrected chi connectivity index (χ1v) is 12.1. The summed E-state index contributed by atoms with van der Waals surface area (Å²) in [5, 5.41) is 5.85. The van der Waals surface area contributed by atoms with E-state index in [1.54, 1.807) is 5.56 Å². The number of benzene rings is 1. The summed E-state index contributed by atoms with van der Waals surface area (Å²) < 4.78 is 6.65. The predicted molar refractivity (Wildman–Crippen MR) is 122 cm³/mol. The van der Waals surface area contributed by atoms with E-state index in [1.165, 1.54) is 47.9 Å². The van der Waals surface area contributed by atoms with E-state index in [-0.39, 0.29) is 28.6 Å². The van der Waals surface area contributed by atoms with E-state index in [0.29, 0.717) is 5.92 Å². The Morgan fingerprint density at radius 3 is 2.77 bits per heavy atom. The Balaban J connectivity index is 1.35. The van der Waals surface area contributed by atoms with Crippen molar-refractivity contribution in [2.45, 2.75) is 83.0 Å². The van der Waals surface area contributed by atoms with Gasteiger partial charge in [-0.15, -0.1) is 0 Å². The lowest BCUT2D eigenvalue weighted by Crippen LogP contribution is -2.58. The molecule has 162 valence electrons. The van der Waals surface area contributed by atoms with Crippen LogP contribution in [0.15, 0.2) is 41.1 Å². The maximum atomic E-state index is 6.65. The fourth-order valence-corrected chi connectivity index (χ4v) is 8.12. The van der Waals surface area contributed by atoms with Crippen molar-refractivity contribution in [2.75, 3.05) is 0 Å². The van der Waals surface area contributed by atoms with Gasteiger partial charge in [-0.05, 0) is 86.5 Å². The topological polar surface area (TPSA) is 46.6 Å². The van der Waals surface area contributed by atoms with Crippen LogP contribution in [-0.4, -0.2) is 28.5 Å². The van der Waals surface area contributed by atoms with E-state index in [0.717, 1.165) is 18.1 Å². The number of para-hydroxylation sites is 1. The highest BCUT2D eigenvalue weighted by molar-refractivity contribution is 6.01. The van der Waals surface area contributed by atoms with Gasteiger partial charge in [-0.3, -0.25) is 0 Å². The first-order valence-electron chi connectivity index (χ1n) is 12.1. The Hall–Kier alpha value is -2.07. The van der Waals surface area contributed by atoms with Crippen LogP contribution in [0, 0.1) is 17.3 Å². The van der Waals surface area contributed by atoms with Gasteiger partial charge in [0.25, 0.3) is 0 Å². The first-order chi connectivity index (χ1) is 14.8. The van der Waals surface area contributed by atoms with Crippen LogP contribution < -0.4 is 0 Å². The number of aromatic nitrogens is 1. The summed E-state index contributed by atoms with van der Waals surface area (Å²) in [6.07, 6.45) is 8.60. The molecule has 0 spiro atoms. The minimum absolute atomic E-state index is 0.0377. The SMILES string of the molecule is CC1(C)ON=C2C=C3C(CC[C@@]4(C)C3CC[C@H]3Cc5c([nH]c6ccccc56)[C@@]34C)OC21. The van der Waals surface area contributed by atoms with Crippen molar-refractivity contribution in [1.82, 2.24) is 4.98 Å². The minimum atomic E-state index is -0.369. The standard InChI is InChI=1S/C27H32N2O2/c1-25(2)24-21(29-31-25)14-18-19-10-9-15-13-17-16-7-5-6-8-20(16)28-23(17)27(15,4)26(19,3)12-11-22(18)30-24/h5-8,14-15,19,22,24,28H,9-13H2,1-4H3/t15-,19?,22?,24?,26-,27+/m0/s1. The van der Waals surface area contributed by atoms with Gasteiger partial charge in [-0.1, -0.05) is 37.2 Å². The van der Waals surface area contributed by atoms with E-state index in [1.807, 2.05) is 0 Å². The molecular weight excluding hydrogens is 384 g/mol. The Bertz CT molecular complexity index is 1170. The average Bonchev–Trinajstić information content (AvgIpc) is 3.36. The number of oxime groups is 1. The summed E-state index contributed by atoms with van der Waals surface area (Å²) in [6, 6.07) is 8.88. The molecule has 31 heavy (non-hydrogen) atoms. The molecule has 3 heterocycles. The van der Waals surface area contributed by atoms with E-state index < -0.39 is 0 Å². The van der Waals surface area contributed by atoms with Gasteiger partial charge in [0.2, 0.25) is 0 Å². The van der Waals surface area contributed by atoms with Crippen LogP contribution >= 0.6 is 0 Å². The summed E-state index contributed by atoms with van der Waals surface area (Å²) in [6.45, 7) is 9.31. The van der Waals surface area contributed by atoms with Crippen molar-refractivity contribution in [2.24, 2.45) is 22.4 Å². The van der Waals surface area contributed by atoms with Gasteiger partial charge in [-0.25, -0.2) is 0 Å². The molecule has 5 aliphatic rings. The van der Waals surface area contributed by atoms with Gasteiger partial charge in [-0.2, -0.15) is 0 Å². The fraction of sp³-hybridized carbons (Fsp3) is 0.593. The Morgan fingerprint density at radius 2 is 1.90 bits per heavy atom. The Labute approximate surface area is 184 Å². The highest BCUT2D eigenvalue weighted by Crippen LogP contribution is 2.67. The van der Waals surface area contributed by atoms with Gasteiger partial charge in [0.05, 0.1) is 6.10 Å². The predicted octanol–water partition coefficient (Wildman–Crippen LogP) is 5.67. The molecule has 0 saturated heterocycles. The number of rotatable bonds is 0. The smallest absolute Gasteiger partial charge is 0.163 e. The molecule has 1 N–H and O–H groups in total. The zero-order valence-corrected chi connectivity index (χ0v) is 19.0. The van der Waals surface area contributed by atoms with Crippen LogP contribution in [0.2, 0.25) is 0 Å². The van der Waals surface area contributed by atoms with Crippen molar-refractivity contribution in [3.05, 3.63) is 47.2 Å². The molecule has 2 saturated carbocycles. The third kappa shape index (κ3) is 2.08. The molecule has 0 bridgehead atoms. The van der Waals surface area contributed by atoms with Crippen molar-refractivity contribution in [1.29, 1.82) is 0 Å². The zero-order valence-electron chi connectivity index (χ0n) is 19.0. The van der Waals surface area contributed by atoms with Crippen LogP contribution in [0.1, 0.15) is 64.6 Å². The molecule has 2 fully saturated rings. The quantitative estimate of drug-likeness (QED) is 0.602. The molecule has 1 aromatic carbocycles. The van der Waals surface area contributed by atoms with Crippen LogP contribution in [0.4, 0.5) is 0 Å². The second kappa shape index (κ2) is 5.64. The number of H-pyrrole nitrogens is 1. The number of hydrogen-bond donors (Lipinski definition) is 1. The third-order valence-electron chi connectivity index (χ3n) is 9.96. The molecule has 6 atom stereocenters. The normalized spacial score (nSPS) is 41.9. The van der Waals surface area contributed by atoms with Crippen LogP contribution in [0.5, 0.6) is 0 Å². The number of ether oxygens (including phenoxy) is 1. The van der Waals surface area contributed by atoms with Crippen LogP contribution in [-0.2, 0) is 21.4 Å². The Kier molecular flexibility index (Phi) is 3.37. The molecule has 7 rings (SSSR count). The number of nitrogens with zero attached hydrogens (tertiary/aromatic N) is 1. The van der Waals surface area contributed by atoms with Crippen molar-refractivity contribution in [3.63, 3.8) is 0 Å². The maximum absolute atomic E-state index is 6.65. The van der Waals surface area contributed by atoms with Crippen molar-refractivity contribution < 1.29 is 9.57 Å². The lowest BCUT2D eigenvalue weighted by atomic mass is 9.44. The lowest BCUT2D eigenvalue weighted by Gasteiger charge is -2.60. The molecule has 0 radical (unpaired) electrons. The second-order valence-electron chi connectivity index (χ2n) is 11.6. The lowest BCUT2D eigenvalue weighted by molar-refractivity contribution is -0.117. The van der Waals surface area contributed by atoms with Gasteiger partial charge in [0.15, 0.2) is 5.60 Å². The van der Waals surface area contributed by atoms with Gasteiger partial charge in [0.1, 0.15) is 11.8 Å². The van der Waals surface area contributed by atoms with Crippen LogP contribution in [0.3, 0.4) is 0 Å². The molecule has 4 nitrogen and oxygen atoms in total. The first kappa shape index (κ1) is 18.5. The summed E-state index contributed by atoms with van der Waals surface area (Å²) >= 11 is 0. The Morgan fingerprint density at radius 1 is 1.06 bits per heavy atom. The third-order valence-corrected chi connectivity index (χ3v) is 9.96. The monoisotopic (exact) mass is 416 g/mol. The number of aromatic amines is 1. The summed E-state index contributed by atoms with van der Waals surface area (Å²) in [5.41, 5.74) is 6.88. The zero-order chi connectivity index (χ0) is 21.2. The number of nitrogens with one attached hydrogen (secondary N) is 1. The summed E-state index contributed by atoms with van der Waals surface area (Å²) in [7, 11) is 0. The van der Waals surface area contributed by atoms with E-state index in [9.17, 15) is 0 Å². The van der Waals surface area contributed by atoms with E-state index >= 15 is 0 Å². The number of hydrogen-bond acceptors (Lipinski definition) is 3. The molecular formula is C27H32N2O2. The fourth-order valence-electron chi connectivity index (χ4n) is 8.12. The number of fused-ring (bicyclic) bond motifs is 10. The maximum Gasteiger partial charge on any atom is 0.163 e. The minimum Gasteiger partial charge on any atom is -0.386 e. The van der Waals surface area contributed by atoms with Crippen molar-refractivity contribution >= 4 is 16.6 Å². The van der Waals surface area contributed by atoms with E-state index in [2.05, 4.69) is 68.2 Å². The molecule has 2 aliphatic heterocycles. The van der Waals surface area contributed by atoms with Gasteiger partial charge in [0, 0.05) is 22.0 Å². The highest BCUT2D eigenvalue weighted by atomic mass is 16.7.